The van der Waals surface area contributed by atoms with Crippen molar-refractivity contribution in [2.75, 3.05) is 6.54 Å². The summed E-state index contributed by atoms with van der Waals surface area (Å²) < 4.78 is 0. The molecule has 0 heterocycles. The van der Waals surface area contributed by atoms with Crippen LogP contribution in [0.4, 0.5) is 0 Å². The van der Waals surface area contributed by atoms with Crippen molar-refractivity contribution in [3.05, 3.63) is 0 Å². The normalized spacial score (nSPS) is 18.7. The fourth-order valence-electron chi connectivity index (χ4n) is 2.88. The van der Waals surface area contributed by atoms with E-state index in [1.807, 2.05) is 0 Å². The van der Waals surface area contributed by atoms with Gasteiger partial charge in [-0.3, -0.25) is 9.59 Å². The van der Waals surface area contributed by atoms with E-state index in [0.717, 1.165) is 32.1 Å². The van der Waals surface area contributed by atoms with E-state index in [1.165, 1.54) is 0 Å². The van der Waals surface area contributed by atoms with E-state index < -0.39 is 17.9 Å². The maximum absolute atomic E-state index is 12.1. The van der Waals surface area contributed by atoms with Crippen LogP contribution in [-0.4, -0.2) is 35.5 Å². The minimum Gasteiger partial charge on any atom is -0.480 e. The van der Waals surface area contributed by atoms with E-state index in [2.05, 4.69) is 5.32 Å². The molecule has 0 aromatic heterocycles. The molecule has 1 atom stereocenters. The first-order valence-electron chi connectivity index (χ1n) is 7.39. The Balaban J connectivity index is 2.56. The second-order valence-electron chi connectivity index (χ2n) is 5.90. The number of rotatable bonds is 8. The minimum absolute atomic E-state index is 0.00598. The molecule has 0 aliphatic heterocycles. The first kappa shape index (κ1) is 17.4. The van der Waals surface area contributed by atoms with E-state index in [1.54, 1.807) is 0 Å². The van der Waals surface area contributed by atoms with Gasteiger partial charge >= 0.3 is 5.97 Å². The molecule has 1 unspecified atom stereocenters. The lowest BCUT2D eigenvalue weighted by atomic mass is 9.71. The molecular formula is C14H25N3O4. The van der Waals surface area contributed by atoms with Crippen LogP contribution in [0.15, 0.2) is 0 Å². The van der Waals surface area contributed by atoms with E-state index in [4.69, 9.17) is 16.6 Å². The summed E-state index contributed by atoms with van der Waals surface area (Å²) in [5, 5.41) is 11.5. The minimum atomic E-state index is -1.16. The van der Waals surface area contributed by atoms with Gasteiger partial charge in [0, 0.05) is 12.8 Å². The van der Waals surface area contributed by atoms with Crippen molar-refractivity contribution < 1.29 is 19.5 Å². The molecule has 1 aliphatic rings. The molecule has 0 aromatic carbocycles. The summed E-state index contributed by atoms with van der Waals surface area (Å²) in [5.74, 6) is -2.06. The molecule has 0 saturated heterocycles. The molecule has 1 fully saturated rings. The lowest BCUT2D eigenvalue weighted by molar-refractivity contribution is -0.142. The third-order valence-electron chi connectivity index (χ3n) is 4.20. The van der Waals surface area contributed by atoms with Gasteiger partial charge in [0.1, 0.15) is 6.04 Å². The predicted octanol–water partition coefficient (Wildman–Crippen LogP) is 0.121. The third-order valence-corrected chi connectivity index (χ3v) is 4.20. The highest BCUT2D eigenvalue weighted by atomic mass is 16.4. The molecule has 1 saturated carbocycles. The maximum atomic E-state index is 12.1. The summed E-state index contributed by atoms with van der Waals surface area (Å²) in [4.78, 5) is 33.9. The first-order valence-corrected chi connectivity index (χ1v) is 7.39. The number of aliphatic carboxylic acids is 1. The summed E-state index contributed by atoms with van der Waals surface area (Å²) in [5.41, 5.74) is 10.6. The number of nitrogens with one attached hydrogen (secondary N) is 1. The lowest BCUT2D eigenvalue weighted by Crippen LogP contribution is -2.45. The van der Waals surface area contributed by atoms with Gasteiger partial charge in [0.25, 0.3) is 0 Å². The van der Waals surface area contributed by atoms with Crippen molar-refractivity contribution in [2.24, 2.45) is 16.9 Å². The number of hydrogen-bond acceptors (Lipinski definition) is 4. The highest BCUT2D eigenvalue weighted by Crippen LogP contribution is 2.38. The van der Waals surface area contributed by atoms with Crippen LogP contribution in [0.5, 0.6) is 0 Å². The van der Waals surface area contributed by atoms with Crippen LogP contribution in [0.2, 0.25) is 0 Å². The Bertz CT molecular complexity index is 392. The quantitative estimate of drug-likeness (QED) is 0.505. The Hall–Kier alpha value is -1.63. The SMILES string of the molecule is NCC1(CC(=O)NC(CCC(N)=O)C(=O)O)CCCCC1. The molecule has 2 amide bonds. The van der Waals surface area contributed by atoms with Crippen molar-refractivity contribution in [2.45, 2.75) is 57.4 Å². The van der Waals surface area contributed by atoms with Crippen LogP contribution < -0.4 is 16.8 Å². The van der Waals surface area contributed by atoms with Gasteiger partial charge < -0.3 is 21.9 Å². The average Bonchev–Trinajstić information content (AvgIpc) is 2.43. The third kappa shape index (κ3) is 5.71. The molecule has 7 nitrogen and oxygen atoms in total. The number of carboxylic acids is 1. The zero-order chi connectivity index (χ0) is 15.9. The summed E-state index contributed by atoms with van der Waals surface area (Å²) in [6.07, 6.45) is 5.23. The van der Waals surface area contributed by atoms with Gasteiger partial charge in [-0.15, -0.1) is 0 Å². The Morgan fingerprint density at radius 2 is 1.81 bits per heavy atom. The summed E-state index contributed by atoms with van der Waals surface area (Å²) in [6.45, 7) is 0.430. The van der Waals surface area contributed by atoms with Gasteiger partial charge in [-0.2, -0.15) is 0 Å². The van der Waals surface area contributed by atoms with Crippen LogP contribution in [0, 0.1) is 5.41 Å². The van der Waals surface area contributed by atoms with Crippen molar-refractivity contribution in [3.63, 3.8) is 0 Å². The first-order chi connectivity index (χ1) is 9.88. The average molecular weight is 299 g/mol. The van der Waals surface area contributed by atoms with Gasteiger partial charge in [-0.25, -0.2) is 4.79 Å². The Kier molecular flexibility index (Phi) is 6.61. The van der Waals surface area contributed by atoms with Crippen LogP contribution in [0.25, 0.3) is 0 Å². The van der Waals surface area contributed by atoms with Crippen molar-refractivity contribution in [3.8, 4) is 0 Å². The second-order valence-corrected chi connectivity index (χ2v) is 5.90. The molecule has 21 heavy (non-hydrogen) atoms. The monoisotopic (exact) mass is 299 g/mol. The highest BCUT2D eigenvalue weighted by Gasteiger charge is 2.34. The fraction of sp³-hybridized carbons (Fsp3) is 0.786. The zero-order valence-electron chi connectivity index (χ0n) is 12.3. The van der Waals surface area contributed by atoms with Gasteiger partial charge in [0.2, 0.25) is 11.8 Å². The highest BCUT2D eigenvalue weighted by molar-refractivity contribution is 5.84. The van der Waals surface area contributed by atoms with Gasteiger partial charge in [0.05, 0.1) is 0 Å². The van der Waals surface area contributed by atoms with E-state index in [-0.39, 0.29) is 30.6 Å². The lowest BCUT2D eigenvalue weighted by Gasteiger charge is -2.35. The zero-order valence-corrected chi connectivity index (χ0v) is 12.3. The van der Waals surface area contributed by atoms with Crippen LogP contribution in [0.3, 0.4) is 0 Å². The molecule has 0 spiro atoms. The number of nitrogens with two attached hydrogens (primary N) is 2. The van der Waals surface area contributed by atoms with Crippen LogP contribution in [0.1, 0.15) is 51.4 Å². The Labute approximate surface area is 124 Å². The number of carboxylic acid groups (broad SMARTS) is 1. The van der Waals surface area contributed by atoms with Crippen molar-refractivity contribution in [1.29, 1.82) is 0 Å². The van der Waals surface area contributed by atoms with E-state index in [0.29, 0.717) is 6.54 Å². The number of amides is 2. The predicted molar refractivity (Wildman–Crippen MR) is 77.2 cm³/mol. The smallest absolute Gasteiger partial charge is 0.326 e. The van der Waals surface area contributed by atoms with Gasteiger partial charge in [-0.05, 0) is 31.2 Å². The summed E-state index contributed by atoms with van der Waals surface area (Å²) >= 11 is 0. The number of carbonyl (C=O) groups is 3. The summed E-state index contributed by atoms with van der Waals surface area (Å²) in [7, 11) is 0. The molecule has 0 radical (unpaired) electrons. The maximum Gasteiger partial charge on any atom is 0.326 e. The van der Waals surface area contributed by atoms with Crippen molar-refractivity contribution in [1.82, 2.24) is 5.32 Å². The number of primary amides is 1. The van der Waals surface area contributed by atoms with Gasteiger partial charge in [-0.1, -0.05) is 19.3 Å². The van der Waals surface area contributed by atoms with E-state index >= 15 is 0 Å². The van der Waals surface area contributed by atoms with Crippen molar-refractivity contribution >= 4 is 17.8 Å². The topological polar surface area (TPSA) is 136 Å². The molecule has 1 aliphatic carbocycles. The van der Waals surface area contributed by atoms with E-state index in [9.17, 15) is 14.4 Å². The fourth-order valence-corrected chi connectivity index (χ4v) is 2.88. The molecule has 7 heteroatoms. The van der Waals surface area contributed by atoms with Gasteiger partial charge in [0.15, 0.2) is 0 Å². The van der Waals surface area contributed by atoms with Crippen LogP contribution in [-0.2, 0) is 14.4 Å². The molecule has 1 rings (SSSR count). The Morgan fingerprint density at radius 3 is 2.29 bits per heavy atom. The molecule has 0 aromatic rings. The number of hydrogen-bond donors (Lipinski definition) is 4. The standard InChI is InChI=1S/C14H25N3O4/c15-9-14(6-2-1-3-7-14)8-12(19)17-10(13(20)21)4-5-11(16)18/h10H,1-9,15H2,(H2,16,18)(H,17,19)(H,20,21). The number of carbonyl (C=O) groups excluding carboxylic acids is 2. The largest absolute Gasteiger partial charge is 0.480 e. The molecular weight excluding hydrogens is 274 g/mol. The molecule has 120 valence electrons. The summed E-state index contributed by atoms with van der Waals surface area (Å²) in [6, 6.07) is -1.08. The molecule has 6 N–H and O–H groups in total. The Morgan fingerprint density at radius 1 is 1.19 bits per heavy atom. The van der Waals surface area contributed by atoms with Crippen LogP contribution >= 0.6 is 0 Å². The second kappa shape index (κ2) is 7.97. The molecule has 0 bridgehead atoms.